The van der Waals surface area contributed by atoms with Crippen LogP contribution < -0.4 is 30.8 Å². The number of benzene rings is 3. The highest BCUT2D eigenvalue weighted by atomic mass is 35.5. The van der Waals surface area contributed by atoms with E-state index >= 15 is 4.39 Å². The van der Waals surface area contributed by atoms with Gasteiger partial charge in [-0.15, -0.1) is 23.2 Å². The molecule has 16 heteroatoms. The number of hydrogen-bond acceptors (Lipinski definition) is 8. The number of aliphatic carboxylic acids is 1. The first kappa shape index (κ1) is 34.4. The number of hydrogen-bond donors (Lipinski definition) is 2. The molecule has 5 aromatic rings. The quantitative estimate of drug-likeness (QED) is 0.194. The molecule has 0 unspecified atom stereocenters. The number of amides is 1. The van der Waals surface area contributed by atoms with E-state index in [9.17, 15) is 28.7 Å². The maximum atomic E-state index is 15.2. The zero-order chi connectivity index (χ0) is 34.2. The summed E-state index contributed by atoms with van der Waals surface area (Å²) in [6.07, 6.45) is 2.26. The molecule has 3 aromatic carbocycles. The summed E-state index contributed by atoms with van der Waals surface area (Å²) in [7, 11) is 2.94. The van der Waals surface area contributed by atoms with E-state index in [2.05, 4.69) is 10.3 Å². The fourth-order valence-corrected chi connectivity index (χ4v) is 4.35. The minimum Gasteiger partial charge on any atom is -0.493 e. The summed E-state index contributed by atoms with van der Waals surface area (Å²) in [5.74, 6) is -3.07. The largest absolute Gasteiger partial charge is 0.493 e. The molecule has 244 valence electrons. The maximum absolute atomic E-state index is 15.2. The molecule has 0 spiro atoms. The van der Waals surface area contributed by atoms with Crippen LogP contribution >= 0.6 is 23.2 Å². The summed E-state index contributed by atoms with van der Waals surface area (Å²) in [5.41, 5.74) is -2.45. The van der Waals surface area contributed by atoms with Gasteiger partial charge in [-0.25, -0.2) is 18.1 Å². The van der Waals surface area contributed by atoms with Crippen LogP contribution in [0.1, 0.15) is 10.4 Å². The number of alkyl halides is 2. The molecular formula is C31H24Cl2F2N4O8. The van der Waals surface area contributed by atoms with E-state index in [-0.39, 0.29) is 28.2 Å². The molecule has 2 heterocycles. The van der Waals surface area contributed by atoms with Crippen LogP contribution in [0, 0.1) is 11.6 Å². The van der Waals surface area contributed by atoms with Crippen molar-refractivity contribution in [2.45, 2.75) is 6.54 Å². The summed E-state index contributed by atoms with van der Waals surface area (Å²) >= 11 is 9.53. The topological polar surface area (TPSA) is 151 Å². The normalized spacial score (nSPS) is 10.5. The van der Waals surface area contributed by atoms with Crippen molar-refractivity contribution in [3.8, 4) is 28.7 Å². The van der Waals surface area contributed by atoms with Gasteiger partial charge in [-0.2, -0.15) is 0 Å². The minimum absolute atomic E-state index is 0.0745. The lowest BCUT2D eigenvalue weighted by molar-refractivity contribution is -0.137. The second kappa shape index (κ2) is 15.2. The Morgan fingerprint density at radius 1 is 0.915 bits per heavy atom. The lowest BCUT2D eigenvalue weighted by Gasteiger charge is -2.14. The zero-order valence-corrected chi connectivity index (χ0v) is 26.0. The van der Waals surface area contributed by atoms with E-state index in [0.717, 1.165) is 36.5 Å². The molecule has 5 rings (SSSR count). The lowest BCUT2D eigenvalue weighted by Crippen LogP contribution is -2.43. The number of fused-ring (bicyclic) bond motifs is 1. The number of methoxy groups -OCH3 is 2. The number of rotatable bonds is 9. The summed E-state index contributed by atoms with van der Waals surface area (Å²) in [6, 6.07) is 12.5. The highest BCUT2D eigenvalue weighted by molar-refractivity contribution is 6.40. The first-order chi connectivity index (χ1) is 22.5. The number of nitrogens with one attached hydrogen (secondary N) is 1. The summed E-state index contributed by atoms with van der Waals surface area (Å²) < 4.78 is 46.2. The fraction of sp³-hybridized carbons (Fsp3) is 0.129. The summed E-state index contributed by atoms with van der Waals surface area (Å²) in [4.78, 5) is 54.8. The van der Waals surface area contributed by atoms with Crippen LogP contribution in [0.15, 0.2) is 82.6 Å². The van der Waals surface area contributed by atoms with E-state index in [1.165, 1.54) is 38.6 Å². The Bertz CT molecular complexity index is 2070. The lowest BCUT2D eigenvalue weighted by atomic mass is 10.1. The Kier molecular flexibility index (Phi) is 11.1. The van der Waals surface area contributed by atoms with Crippen molar-refractivity contribution < 1.29 is 37.7 Å². The average Bonchev–Trinajstić information content (AvgIpc) is 3.04. The molecule has 12 nitrogen and oxygen atoms in total. The number of carbonyl (C=O) groups excluding carboxylic acids is 1. The fourth-order valence-electron chi connectivity index (χ4n) is 4.35. The van der Waals surface area contributed by atoms with Crippen molar-refractivity contribution in [1.29, 1.82) is 0 Å². The molecule has 2 N–H and O–H groups in total. The first-order valence-corrected chi connectivity index (χ1v) is 14.3. The number of aromatic nitrogens is 3. The van der Waals surface area contributed by atoms with Gasteiger partial charge in [-0.05, 0) is 48.5 Å². The van der Waals surface area contributed by atoms with Gasteiger partial charge in [0.15, 0.2) is 23.1 Å². The standard InChI is InChI=1S/C30H22F2N4O8.CH2Cl2/c1-42-25-12-19-22(13-26(25)43-2)33-10-9-23(19)44-24-8-5-17(11-21(24)32)34-28(39)20-14-35(15-27(37)38)30(41)36(29(20)40)18-6-3-16(31)4-7-18;2-1-3/h3-14H,15H2,1-2H3,(H,34,39)(H,37,38);1H2. The monoisotopic (exact) mass is 688 g/mol. The minimum atomic E-state index is -1.42. The van der Waals surface area contributed by atoms with Crippen LogP contribution in [0.25, 0.3) is 16.6 Å². The highest BCUT2D eigenvalue weighted by Crippen LogP contribution is 2.37. The predicted octanol–water partition coefficient (Wildman–Crippen LogP) is 5.39. The molecule has 0 fully saturated rings. The van der Waals surface area contributed by atoms with E-state index in [1.54, 1.807) is 12.1 Å². The van der Waals surface area contributed by atoms with Crippen LogP contribution in [-0.4, -0.2) is 50.7 Å². The third-order valence-electron chi connectivity index (χ3n) is 6.41. The van der Waals surface area contributed by atoms with E-state index in [4.69, 9.17) is 37.4 Å². The molecule has 0 radical (unpaired) electrons. The summed E-state index contributed by atoms with van der Waals surface area (Å²) in [6.45, 7) is -0.871. The highest BCUT2D eigenvalue weighted by Gasteiger charge is 2.21. The van der Waals surface area contributed by atoms with Crippen molar-refractivity contribution in [2.24, 2.45) is 0 Å². The molecule has 0 saturated heterocycles. The molecule has 1 amide bonds. The van der Waals surface area contributed by atoms with Crippen molar-refractivity contribution in [1.82, 2.24) is 14.1 Å². The van der Waals surface area contributed by atoms with Crippen molar-refractivity contribution >= 4 is 51.7 Å². The van der Waals surface area contributed by atoms with Gasteiger partial charge in [-0.3, -0.25) is 23.9 Å². The molecule has 0 atom stereocenters. The van der Waals surface area contributed by atoms with Gasteiger partial charge >= 0.3 is 11.7 Å². The predicted molar refractivity (Wildman–Crippen MR) is 170 cm³/mol. The van der Waals surface area contributed by atoms with Gasteiger partial charge < -0.3 is 24.6 Å². The van der Waals surface area contributed by atoms with Gasteiger partial charge in [0.05, 0.1) is 30.8 Å². The van der Waals surface area contributed by atoms with Gasteiger partial charge in [-0.1, -0.05) is 0 Å². The SMILES string of the molecule is COc1cc2nccc(Oc3ccc(NC(=O)c4cn(CC(=O)O)c(=O)n(-c5ccc(F)cc5)c4=O)cc3F)c2cc1OC.ClCCl. The Morgan fingerprint density at radius 2 is 1.57 bits per heavy atom. The number of anilines is 1. The number of carbonyl (C=O) groups is 2. The van der Waals surface area contributed by atoms with Gasteiger partial charge in [0.1, 0.15) is 23.7 Å². The van der Waals surface area contributed by atoms with E-state index in [0.29, 0.717) is 31.5 Å². The molecule has 0 aliphatic heterocycles. The Morgan fingerprint density at radius 3 is 2.19 bits per heavy atom. The molecular weight excluding hydrogens is 665 g/mol. The average molecular weight is 689 g/mol. The van der Waals surface area contributed by atoms with E-state index in [1.807, 2.05) is 0 Å². The Labute approximate surface area is 274 Å². The molecule has 2 aromatic heterocycles. The van der Waals surface area contributed by atoms with Crippen LogP contribution in [0.2, 0.25) is 0 Å². The zero-order valence-electron chi connectivity index (χ0n) is 24.5. The van der Waals surface area contributed by atoms with Gasteiger partial charge in [0.25, 0.3) is 11.5 Å². The van der Waals surface area contributed by atoms with Crippen molar-refractivity contribution in [3.63, 3.8) is 0 Å². The Balaban J connectivity index is 0.00000160. The van der Waals surface area contributed by atoms with Crippen LogP contribution in [0.5, 0.6) is 23.0 Å². The van der Waals surface area contributed by atoms with Crippen LogP contribution in [0.3, 0.4) is 0 Å². The smallest absolute Gasteiger partial charge is 0.336 e. The molecule has 0 aliphatic rings. The maximum Gasteiger partial charge on any atom is 0.336 e. The number of carboxylic acid groups (broad SMARTS) is 1. The molecule has 0 aliphatic carbocycles. The molecule has 47 heavy (non-hydrogen) atoms. The number of carboxylic acids is 1. The van der Waals surface area contributed by atoms with Gasteiger partial charge in [0.2, 0.25) is 0 Å². The van der Waals surface area contributed by atoms with Crippen molar-refractivity contribution in [3.05, 3.63) is 111 Å². The van der Waals surface area contributed by atoms with Crippen molar-refractivity contribution in [2.75, 3.05) is 24.9 Å². The number of halogens is 4. The third kappa shape index (κ3) is 7.85. The number of pyridine rings is 1. The van der Waals surface area contributed by atoms with Crippen LogP contribution in [-0.2, 0) is 11.3 Å². The second-order valence-electron chi connectivity index (χ2n) is 9.30. The number of nitrogens with zero attached hydrogens (tertiary/aromatic N) is 3. The first-order valence-electron chi connectivity index (χ1n) is 13.3. The molecule has 0 saturated carbocycles. The summed E-state index contributed by atoms with van der Waals surface area (Å²) in [5, 5.41) is 12.3. The van der Waals surface area contributed by atoms with Crippen LogP contribution in [0.4, 0.5) is 14.5 Å². The van der Waals surface area contributed by atoms with Gasteiger partial charge in [0, 0.05) is 35.6 Å². The molecule has 0 bridgehead atoms. The number of ether oxygens (including phenoxy) is 3. The third-order valence-corrected chi connectivity index (χ3v) is 6.41. The second-order valence-corrected chi connectivity index (χ2v) is 10.1. The Hall–Kier alpha value is -5.47. The van der Waals surface area contributed by atoms with E-state index < -0.39 is 46.9 Å².